The zero-order chi connectivity index (χ0) is 12.5. The minimum atomic E-state index is 0.147. The fourth-order valence-corrected chi connectivity index (χ4v) is 1.91. The molecular weight excluding hydrogens is 234 g/mol. The van der Waals surface area contributed by atoms with Crippen molar-refractivity contribution in [1.29, 1.82) is 0 Å². The van der Waals surface area contributed by atoms with Gasteiger partial charge in [0.15, 0.2) is 5.84 Å². The average Bonchev–Trinajstić information content (AvgIpc) is 2.38. The summed E-state index contributed by atoms with van der Waals surface area (Å²) in [5.74, 6) is 1.33. The van der Waals surface area contributed by atoms with Gasteiger partial charge in [0, 0.05) is 12.1 Å². The maximum Gasteiger partial charge on any atom is 0.170 e. The monoisotopic (exact) mass is 253 g/mol. The summed E-state index contributed by atoms with van der Waals surface area (Å²) in [5, 5.41) is 15.0. The Balaban J connectivity index is 2.43. The van der Waals surface area contributed by atoms with Gasteiger partial charge in [-0.15, -0.1) is 0 Å². The lowest BCUT2D eigenvalue weighted by Crippen LogP contribution is -2.17. The van der Waals surface area contributed by atoms with E-state index < -0.39 is 0 Å². The predicted molar refractivity (Wildman–Crippen MR) is 73.7 cm³/mol. The number of hydrogen-bond donors (Lipinski definition) is 3. The van der Waals surface area contributed by atoms with E-state index in [2.05, 4.69) is 16.7 Å². The average molecular weight is 253 g/mol. The van der Waals surface area contributed by atoms with E-state index in [0.717, 1.165) is 24.2 Å². The van der Waals surface area contributed by atoms with E-state index in [1.807, 2.05) is 36.0 Å². The number of thioether (sulfide) groups is 1. The summed E-state index contributed by atoms with van der Waals surface area (Å²) < 4.78 is 0. The van der Waals surface area contributed by atoms with Crippen LogP contribution in [0.3, 0.4) is 0 Å². The summed E-state index contributed by atoms with van der Waals surface area (Å²) >= 11 is 1.86. The zero-order valence-electron chi connectivity index (χ0n) is 10.0. The number of benzene rings is 1. The van der Waals surface area contributed by atoms with Gasteiger partial charge in [-0.3, -0.25) is 0 Å². The second-order valence-corrected chi connectivity index (χ2v) is 4.69. The molecule has 0 aromatic heterocycles. The van der Waals surface area contributed by atoms with Gasteiger partial charge in [-0.2, -0.15) is 11.8 Å². The largest absolute Gasteiger partial charge is 0.409 e. The summed E-state index contributed by atoms with van der Waals surface area (Å²) in [4.78, 5) is 0. The Bertz CT molecular complexity index is 369. The van der Waals surface area contributed by atoms with Gasteiger partial charge in [0.1, 0.15) is 0 Å². The Labute approximate surface area is 106 Å². The molecule has 94 valence electrons. The number of amidine groups is 1. The lowest BCUT2D eigenvalue weighted by atomic mass is 10.1. The topological polar surface area (TPSA) is 70.6 Å². The molecule has 1 aromatic carbocycles. The van der Waals surface area contributed by atoms with E-state index in [9.17, 15) is 0 Å². The molecule has 0 atom stereocenters. The third-order valence-corrected chi connectivity index (χ3v) is 3.06. The molecule has 0 amide bonds. The van der Waals surface area contributed by atoms with Crippen molar-refractivity contribution >= 4 is 17.6 Å². The van der Waals surface area contributed by atoms with Crippen molar-refractivity contribution < 1.29 is 5.21 Å². The van der Waals surface area contributed by atoms with Crippen LogP contribution in [0.4, 0.5) is 0 Å². The van der Waals surface area contributed by atoms with E-state index in [4.69, 9.17) is 10.9 Å². The Morgan fingerprint density at radius 3 is 3.06 bits per heavy atom. The molecule has 0 heterocycles. The number of rotatable bonds is 7. The molecule has 0 aliphatic heterocycles. The Morgan fingerprint density at radius 2 is 2.35 bits per heavy atom. The maximum absolute atomic E-state index is 8.60. The van der Waals surface area contributed by atoms with Gasteiger partial charge in [-0.25, -0.2) is 0 Å². The molecule has 4 N–H and O–H groups in total. The third-order valence-electron chi connectivity index (χ3n) is 2.36. The summed E-state index contributed by atoms with van der Waals surface area (Å²) in [6, 6.07) is 7.69. The van der Waals surface area contributed by atoms with Crippen molar-refractivity contribution in [3.8, 4) is 0 Å². The van der Waals surface area contributed by atoms with Crippen molar-refractivity contribution in [3.05, 3.63) is 35.4 Å². The first-order valence-electron chi connectivity index (χ1n) is 5.54. The molecule has 0 saturated heterocycles. The molecule has 0 saturated carbocycles. The van der Waals surface area contributed by atoms with Crippen LogP contribution in [0.1, 0.15) is 17.5 Å². The molecule has 5 heteroatoms. The molecule has 1 aromatic rings. The lowest BCUT2D eigenvalue weighted by Gasteiger charge is -2.06. The molecule has 0 spiro atoms. The quantitative estimate of drug-likeness (QED) is 0.227. The number of nitrogens with zero attached hydrogens (tertiary/aromatic N) is 1. The van der Waals surface area contributed by atoms with Crippen LogP contribution in [-0.2, 0) is 6.54 Å². The van der Waals surface area contributed by atoms with Gasteiger partial charge >= 0.3 is 0 Å². The number of nitrogens with one attached hydrogen (secondary N) is 1. The molecule has 4 nitrogen and oxygen atoms in total. The highest BCUT2D eigenvalue weighted by molar-refractivity contribution is 7.98. The summed E-state index contributed by atoms with van der Waals surface area (Å²) in [7, 11) is 0. The highest BCUT2D eigenvalue weighted by atomic mass is 32.2. The first kappa shape index (κ1) is 13.9. The molecule has 0 aliphatic rings. The van der Waals surface area contributed by atoms with E-state index in [1.54, 1.807) is 0 Å². The highest BCUT2D eigenvalue weighted by Gasteiger charge is 2.00. The van der Waals surface area contributed by atoms with Gasteiger partial charge in [0.25, 0.3) is 0 Å². The van der Waals surface area contributed by atoms with Crippen molar-refractivity contribution in [1.82, 2.24) is 5.32 Å². The van der Waals surface area contributed by atoms with Crippen molar-refractivity contribution in [2.45, 2.75) is 13.0 Å². The van der Waals surface area contributed by atoms with E-state index in [-0.39, 0.29) is 5.84 Å². The number of hydrogen-bond acceptors (Lipinski definition) is 4. The molecule has 0 radical (unpaired) electrons. The van der Waals surface area contributed by atoms with Crippen LogP contribution < -0.4 is 11.1 Å². The number of oxime groups is 1. The van der Waals surface area contributed by atoms with Gasteiger partial charge in [-0.05, 0) is 36.6 Å². The Hall–Kier alpha value is -1.20. The third kappa shape index (κ3) is 5.10. The summed E-state index contributed by atoms with van der Waals surface area (Å²) in [6.07, 6.45) is 3.28. The first-order valence-corrected chi connectivity index (χ1v) is 6.94. The standard InChI is InChI=1S/C12H19N3OS/c1-17-7-3-6-14-9-10-4-2-5-11(8-10)12(13)15-16/h2,4-5,8,14,16H,3,6-7,9H2,1H3,(H2,13,15). The van der Waals surface area contributed by atoms with Crippen LogP contribution in [0.15, 0.2) is 29.4 Å². The van der Waals surface area contributed by atoms with Crippen molar-refractivity contribution in [2.24, 2.45) is 10.9 Å². The second kappa shape index (κ2) is 7.97. The first-order chi connectivity index (χ1) is 8.27. The second-order valence-electron chi connectivity index (χ2n) is 3.71. The highest BCUT2D eigenvalue weighted by Crippen LogP contribution is 2.05. The Morgan fingerprint density at radius 1 is 1.53 bits per heavy atom. The van der Waals surface area contributed by atoms with E-state index in [0.29, 0.717) is 0 Å². The predicted octanol–water partition coefficient (Wildman–Crippen LogP) is 1.62. The Kier molecular flexibility index (Phi) is 6.50. The van der Waals surface area contributed by atoms with Gasteiger partial charge in [-0.1, -0.05) is 23.4 Å². The van der Waals surface area contributed by atoms with Gasteiger partial charge < -0.3 is 16.3 Å². The fraction of sp³-hybridized carbons (Fsp3) is 0.417. The maximum atomic E-state index is 8.60. The van der Waals surface area contributed by atoms with Gasteiger partial charge in [0.05, 0.1) is 0 Å². The molecule has 0 bridgehead atoms. The van der Waals surface area contributed by atoms with Crippen LogP contribution in [0, 0.1) is 0 Å². The minimum Gasteiger partial charge on any atom is -0.409 e. The fourth-order valence-electron chi connectivity index (χ4n) is 1.47. The van der Waals surface area contributed by atoms with Crippen LogP contribution in [0.5, 0.6) is 0 Å². The summed E-state index contributed by atoms with van der Waals surface area (Å²) in [6.45, 7) is 1.82. The smallest absolute Gasteiger partial charge is 0.170 e. The van der Waals surface area contributed by atoms with Crippen LogP contribution >= 0.6 is 11.8 Å². The van der Waals surface area contributed by atoms with Crippen molar-refractivity contribution in [2.75, 3.05) is 18.6 Å². The van der Waals surface area contributed by atoms with Crippen LogP contribution in [-0.4, -0.2) is 29.6 Å². The molecule has 17 heavy (non-hydrogen) atoms. The molecule has 0 fully saturated rings. The zero-order valence-corrected chi connectivity index (χ0v) is 10.8. The normalized spacial score (nSPS) is 11.7. The van der Waals surface area contributed by atoms with Crippen LogP contribution in [0.2, 0.25) is 0 Å². The lowest BCUT2D eigenvalue weighted by molar-refractivity contribution is 0.318. The molecule has 0 unspecified atom stereocenters. The number of nitrogens with two attached hydrogens (primary N) is 1. The summed E-state index contributed by atoms with van der Waals surface area (Å²) in [5.41, 5.74) is 7.42. The minimum absolute atomic E-state index is 0.147. The molecule has 1 rings (SSSR count). The SMILES string of the molecule is CSCCCNCc1cccc(C(N)=NO)c1. The molecule has 0 aliphatic carbocycles. The van der Waals surface area contributed by atoms with E-state index in [1.165, 1.54) is 12.2 Å². The van der Waals surface area contributed by atoms with Gasteiger partial charge in [0.2, 0.25) is 0 Å². The van der Waals surface area contributed by atoms with Crippen molar-refractivity contribution in [3.63, 3.8) is 0 Å². The molecular formula is C12H19N3OS. The van der Waals surface area contributed by atoms with E-state index >= 15 is 0 Å². The van der Waals surface area contributed by atoms with Crippen LogP contribution in [0.25, 0.3) is 0 Å².